The summed E-state index contributed by atoms with van der Waals surface area (Å²) >= 11 is 1.74. The summed E-state index contributed by atoms with van der Waals surface area (Å²) in [6.07, 6.45) is 2.10. The Bertz CT molecular complexity index is 608. The van der Waals surface area contributed by atoms with Gasteiger partial charge in [0, 0.05) is 20.1 Å². The van der Waals surface area contributed by atoms with Gasteiger partial charge in [0.15, 0.2) is 5.96 Å². The SMILES string of the molecule is CN=C(NCCCc1ccc(OC)cc1)NCC(C)c1ccsc1. The van der Waals surface area contributed by atoms with Crippen molar-refractivity contribution in [3.8, 4) is 5.75 Å². The number of ether oxygens (including phenoxy) is 1. The van der Waals surface area contributed by atoms with E-state index in [9.17, 15) is 0 Å². The van der Waals surface area contributed by atoms with Crippen molar-refractivity contribution in [1.82, 2.24) is 10.6 Å². The molecule has 1 aromatic heterocycles. The second kappa shape index (κ2) is 9.98. The van der Waals surface area contributed by atoms with E-state index < -0.39 is 0 Å². The molecule has 1 unspecified atom stereocenters. The van der Waals surface area contributed by atoms with Crippen LogP contribution in [0.25, 0.3) is 0 Å². The molecule has 0 saturated carbocycles. The fraction of sp³-hybridized carbons (Fsp3) is 0.421. The number of aryl methyl sites for hydroxylation is 1. The number of hydrogen-bond donors (Lipinski definition) is 2. The zero-order valence-corrected chi connectivity index (χ0v) is 15.5. The average molecular weight is 346 g/mol. The van der Waals surface area contributed by atoms with Crippen molar-refractivity contribution in [3.63, 3.8) is 0 Å². The molecule has 1 aromatic carbocycles. The van der Waals surface area contributed by atoms with E-state index in [4.69, 9.17) is 4.74 Å². The molecule has 0 aliphatic rings. The van der Waals surface area contributed by atoms with Gasteiger partial charge in [-0.2, -0.15) is 11.3 Å². The predicted molar refractivity (Wildman–Crippen MR) is 103 cm³/mol. The van der Waals surface area contributed by atoms with Crippen LogP contribution >= 0.6 is 11.3 Å². The lowest BCUT2D eigenvalue weighted by Crippen LogP contribution is -2.39. The van der Waals surface area contributed by atoms with Crippen molar-refractivity contribution in [3.05, 3.63) is 52.2 Å². The van der Waals surface area contributed by atoms with Crippen LogP contribution < -0.4 is 15.4 Å². The number of rotatable bonds is 8. The maximum Gasteiger partial charge on any atom is 0.190 e. The first-order valence-electron chi connectivity index (χ1n) is 8.32. The van der Waals surface area contributed by atoms with Gasteiger partial charge in [0.05, 0.1) is 7.11 Å². The summed E-state index contributed by atoms with van der Waals surface area (Å²) in [6, 6.07) is 10.4. The van der Waals surface area contributed by atoms with Gasteiger partial charge in [0.1, 0.15) is 5.75 Å². The maximum atomic E-state index is 5.18. The molecule has 1 heterocycles. The Labute approximate surface area is 149 Å². The van der Waals surface area contributed by atoms with Crippen LogP contribution in [0.2, 0.25) is 0 Å². The first kappa shape index (κ1) is 18.3. The molecular weight excluding hydrogens is 318 g/mol. The minimum atomic E-state index is 0.481. The number of benzene rings is 1. The lowest BCUT2D eigenvalue weighted by Gasteiger charge is -2.15. The molecule has 0 aliphatic heterocycles. The third-order valence-electron chi connectivity index (χ3n) is 4.01. The van der Waals surface area contributed by atoms with E-state index in [0.29, 0.717) is 5.92 Å². The first-order chi connectivity index (χ1) is 11.7. The van der Waals surface area contributed by atoms with Crippen LogP contribution in [-0.2, 0) is 6.42 Å². The summed E-state index contributed by atoms with van der Waals surface area (Å²) in [7, 11) is 3.50. The van der Waals surface area contributed by atoms with E-state index in [2.05, 4.69) is 51.5 Å². The van der Waals surface area contributed by atoms with Gasteiger partial charge in [-0.25, -0.2) is 0 Å². The van der Waals surface area contributed by atoms with E-state index in [-0.39, 0.29) is 0 Å². The fourth-order valence-corrected chi connectivity index (χ4v) is 3.22. The summed E-state index contributed by atoms with van der Waals surface area (Å²) in [4.78, 5) is 4.29. The average Bonchev–Trinajstić information content (AvgIpc) is 3.16. The van der Waals surface area contributed by atoms with E-state index in [1.807, 2.05) is 19.2 Å². The predicted octanol–water partition coefficient (Wildman–Crippen LogP) is 3.66. The molecule has 24 heavy (non-hydrogen) atoms. The van der Waals surface area contributed by atoms with Crippen molar-refractivity contribution in [2.24, 2.45) is 4.99 Å². The summed E-state index contributed by atoms with van der Waals surface area (Å²) in [6.45, 7) is 4.01. The molecule has 2 N–H and O–H groups in total. The molecule has 0 radical (unpaired) electrons. The molecule has 0 fully saturated rings. The minimum absolute atomic E-state index is 0.481. The van der Waals surface area contributed by atoms with Crippen molar-refractivity contribution >= 4 is 17.3 Å². The normalized spacial score (nSPS) is 12.7. The molecule has 0 amide bonds. The van der Waals surface area contributed by atoms with Crippen molar-refractivity contribution in [1.29, 1.82) is 0 Å². The van der Waals surface area contributed by atoms with Crippen LogP contribution in [0.1, 0.15) is 30.4 Å². The monoisotopic (exact) mass is 345 g/mol. The van der Waals surface area contributed by atoms with E-state index in [1.54, 1.807) is 18.4 Å². The van der Waals surface area contributed by atoms with Gasteiger partial charge in [0.2, 0.25) is 0 Å². The second-order valence-electron chi connectivity index (χ2n) is 5.79. The molecule has 2 rings (SSSR count). The molecule has 5 heteroatoms. The van der Waals surface area contributed by atoms with E-state index >= 15 is 0 Å². The van der Waals surface area contributed by atoms with Crippen LogP contribution in [0.4, 0.5) is 0 Å². The second-order valence-corrected chi connectivity index (χ2v) is 6.57. The van der Waals surface area contributed by atoms with Gasteiger partial charge in [-0.1, -0.05) is 19.1 Å². The molecule has 0 bridgehead atoms. The Morgan fingerprint density at radius 2 is 2.00 bits per heavy atom. The van der Waals surface area contributed by atoms with Crippen LogP contribution in [0, 0.1) is 0 Å². The molecule has 0 aliphatic carbocycles. The van der Waals surface area contributed by atoms with Crippen molar-refractivity contribution in [2.75, 3.05) is 27.2 Å². The van der Waals surface area contributed by atoms with Gasteiger partial charge < -0.3 is 15.4 Å². The number of nitrogens with zero attached hydrogens (tertiary/aromatic N) is 1. The van der Waals surface area contributed by atoms with Gasteiger partial charge in [-0.05, 0) is 58.8 Å². The number of thiophene rings is 1. The van der Waals surface area contributed by atoms with Crippen LogP contribution in [0.3, 0.4) is 0 Å². The van der Waals surface area contributed by atoms with Gasteiger partial charge in [0.25, 0.3) is 0 Å². The van der Waals surface area contributed by atoms with Gasteiger partial charge >= 0.3 is 0 Å². The minimum Gasteiger partial charge on any atom is -0.497 e. The lowest BCUT2D eigenvalue weighted by atomic mass is 10.1. The molecular formula is C19H27N3OS. The van der Waals surface area contributed by atoms with Crippen molar-refractivity contribution < 1.29 is 4.74 Å². The number of hydrogen-bond acceptors (Lipinski definition) is 3. The Hall–Kier alpha value is -2.01. The summed E-state index contributed by atoms with van der Waals surface area (Å²) in [5.74, 6) is 2.25. The maximum absolute atomic E-state index is 5.18. The highest BCUT2D eigenvalue weighted by atomic mass is 32.1. The Balaban J connectivity index is 1.66. The topological polar surface area (TPSA) is 45.7 Å². The zero-order valence-electron chi connectivity index (χ0n) is 14.7. The molecule has 130 valence electrons. The largest absolute Gasteiger partial charge is 0.497 e. The third-order valence-corrected chi connectivity index (χ3v) is 4.71. The Kier molecular flexibility index (Phi) is 7.62. The molecule has 1 atom stereocenters. The smallest absolute Gasteiger partial charge is 0.190 e. The number of aliphatic imine (C=N–C) groups is 1. The number of methoxy groups -OCH3 is 1. The lowest BCUT2D eigenvalue weighted by molar-refractivity contribution is 0.414. The Morgan fingerprint density at radius 1 is 1.21 bits per heavy atom. The quantitative estimate of drug-likeness (QED) is 0.436. The zero-order chi connectivity index (χ0) is 17.2. The summed E-state index contributed by atoms with van der Waals surface area (Å²) in [5, 5.41) is 11.1. The summed E-state index contributed by atoms with van der Waals surface area (Å²) < 4.78 is 5.18. The first-order valence-corrected chi connectivity index (χ1v) is 9.26. The third kappa shape index (κ3) is 5.89. The van der Waals surface area contributed by atoms with E-state index in [0.717, 1.165) is 37.6 Å². The van der Waals surface area contributed by atoms with Gasteiger partial charge in [-0.15, -0.1) is 0 Å². The van der Waals surface area contributed by atoms with Gasteiger partial charge in [-0.3, -0.25) is 4.99 Å². The van der Waals surface area contributed by atoms with Crippen molar-refractivity contribution in [2.45, 2.75) is 25.7 Å². The molecule has 0 spiro atoms. The standard InChI is InChI=1S/C19H27N3OS/c1-15(17-10-12-24-14-17)13-22-19(20-2)21-11-4-5-16-6-8-18(23-3)9-7-16/h6-10,12,14-15H,4-5,11,13H2,1-3H3,(H2,20,21,22). The Morgan fingerprint density at radius 3 is 2.62 bits per heavy atom. The highest BCUT2D eigenvalue weighted by Gasteiger charge is 2.06. The number of nitrogens with one attached hydrogen (secondary N) is 2. The molecule has 2 aromatic rings. The molecule has 0 saturated heterocycles. The fourth-order valence-electron chi connectivity index (χ4n) is 2.44. The number of guanidine groups is 1. The highest BCUT2D eigenvalue weighted by Crippen LogP contribution is 2.17. The van der Waals surface area contributed by atoms with Crippen LogP contribution in [0.15, 0.2) is 46.1 Å². The highest BCUT2D eigenvalue weighted by molar-refractivity contribution is 7.07. The molecule has 4 nitrogen and oxygen atoms in total. The summed E-state index contributed by atoms with van der Waals surface area (Å²) in [5.41, 5.74) is 2.70. The van der Waals surface area contributed by atoms with E-state index in [1.165, 1.54) is 11.1 Å². The van der Waals surface area contributed by atoms with Crippen LogP contribution in [-0.4, -0.2) is 33.2 Å². The van der Waals surface area contributed by atoms with Crippen LogP contribution in [0.5, 0.6) is 5.75 Å².